The molecule has 0 aromatic carbocycles. The molecule has 1 saturated heterocycles. The molecule has 7 nitrogen and oxygen atoms in total. The molecular formula is C16H19N5O2. The van der Waals surface area contributed by atoms with Crippen molar-refractivity contribution in [3.8, 4) is 0 Å². The second-order valence-corrected chi connectivity index (χ2v) is 5.62. The van der Waals surface area contributed by atoms with Gasteiger partial charge in [0.2, 0.25) is 0 Å². The van der Waals surface area contributed by atoms with Crippen molar-refractivity contribution in [3.05, 3.63) is 52.1 Å². The van der Waals surface area contributed by atoms with E-state index in [-0.39, 0.29) is 23.1 Å². The molecular weight excluding hydrogens is 294 g/mol. The first kappa shape index (κ1) is 15.2. The third-order valence-corrected chi connectivity index (χ3v) is 4.12. The minimum Gasteiger partial charge on any atom is -0.373 e. The van der Waals surface area contributed by atoms with Gasteiger partial charge in [-0.3, -0.25) is 9.59 Å². The molecule has 0 radical (unpaired) electrons. The summed E-state index contributed by atoms with van der Waals surface area (Å²) < 4.78 is 0. The number of nitrogens with zero attached hydrogens (tertiary/aromatic N) is 3. The van der Waals surface area contributed by atoms with Crippen LogP contribution in [0.2, 0.25) is 0 Å². The zero-order chi connectivity index (χ0) is 16.2. The average Bonchev–Trinajstić information content (AvgIpc) is 2.62. The van der Waals surface area contributed by atoms with Gasteiger partial charge >= 0.3 is 0 Å². The number of H-pyrrole nitrogens is 1. The van der Waals surface area contributed by atoms with Crippen molar-refractivity contribution in [2.24, 2.45) is 0 Å². The Balaban J connectivity index is 1.76. The number of aromatic nitrogens is 3. The first-order chi connectivity index (χ1) is 11.2. The molecule has 0 saturated carbocycles. The summed E-state index contributed by atoms with van der Waals surface area (Å²) in [6.45, 7) is 1.35. The highest BCUT2D eigenvalue weighted by Crippen LogP contribution is 2.28. The number of aromatic amines is 1. The molecule has 0 spiro atoms. The van der Waals surface area contributed by atoms with Crippen molar-refractivity contribution >= 4 is 11.7 Å². The van der Waals surface area contributed by atoms with Crippen molar-refractivity contribution in [3.63, 3.8) is 0 Å². The monoisotopic (exact) mass is 313 g/mol. The standard InChI is InChI=1S/C16H19N5O2/c1-17-14-9-11(6-7-18-14)12-3-2-8-21(10-12)16(23)13-4-5-15(22)20-19-13/h4-7,9,12H,2-3,8,10H2,1H3,(H,17,18)(H,20,22)/t12-/m0/s1. The first-order valence-corrected chi connectivity index (χ1v) is 7.66. The van der Waals surface area contributed by atoms with Crippen LogP contribution in [-0.2, 0) is 0 Å². The third kappa shape index (κ3) is 3.39. The van der Waals surface area contributed by atoms with Gasteiger partial charge in [0.15, 0.2) is 0 Å². The van der Waals surface area contributed by atoms with Gasteiger partial charge in [-0.2, -0.15) is 5.10 Å². The molecule has 1 amide bonds. The van der Waals surface area contributed by atoms with Crippen LogP contribution in [0.25, 0.3) is 0 Å². The SMILES string of the molecule is CNc1cc([C@H]2CCCN(C(=O)c3ccc(=O)[nH]n3)C2)ccn1. The number of carbonyl (C=O) groups is 1. The summed E-state index contributed by atoms with van der Waals surface area (Å²) >= 11 is 0. The van der Waals surface area contributed by atoms with E-state index < -0.39 is 0 Å². The van der Waals surface area contributed by atoms with E-state index in [1.165, 1.54) is 17.7 Å². The van der Waals surface area contributed by atoms with E-state index in [1.54, 1.807) is 11.1 Å². The lowest BCUT2D eigenvalue weighted by molar-refractivity contribution is 0.0700. The van der Waals surface area contributed by atoms with Gasteiger partial charge in [0.25, 0.3) is 11.5 Å². The average molecular weight is 313 g/mol. The van der Waals surface area contributed by atoms with Gasteiger partial charge in [-0.15, -0.1) is 0 Å². The first-order valence-electron chi connectivity index (χ1n) is 7.66. The zero-order valence-electron chi connectivity index (χ0n) is 13.0. The minimum absolute atomic E-state index is 0.145. The minimum atomic E-state index is -0.311. The number of amides is 1. The van der Waals surface area contributed by atoms with Gasteiger partial charge in [-0.25, -0.2) is 10.1 Å². The molecule has 2 aromatic heterocycles. The van der Waals surface area contributed by atoms with Crippen LogP contribution >= 0.6 is 0 Å². The van der Waals surface area contributed by atoms with E-state index in [0.717, 1.165) is 18.7 Å². The topological polar surface area (TPSA) is 91.0 Å². The van der Waals surface area contributed by atoms with Gasteiger partial charge in [0.1, 0.15) is 11.5 Å². The summed E-state index contributed by atoms with van der Waals surface area (Å²) in [7, 11) is 1.84. The van der Waals surface area contributed by atoms with Crippen molar-refractivity contribution in [2.75, 3.05) is 25.5 Å². The molecule has 0 aliphatic carbocycles. The highest BCUT2D eigenvalue weighted by Gasteiger charge is 2.26. The highest BCUT2D eigenvalue weighted by molar-refractivity contribution is 5.92. The Hall–Kier alpha value is -2.70. The maximum Gasteiger partial charge on any atom is 0.274 e. The normalized spacial score (nSPS) is 17.8. The van der Waals surface area contributed by atoms with Crippen LogP contribution in [0.3, 0.4) is 0 Å². The Morgan fingerprint density at radius 3 is 3.00 bits per heavy atom. The summed E-state index contributed by atoms with van der Waals surface area (Å²) in [5.41, 5.74) is 1.14. The molecule has 3 rings (SSSR count). The second-order valence-electron chi connectivity index (χ2n) is 5.62. The van der Waals surface area contributed by atoms with Crippen LogP contribution < -0.4 is 10.9 Å². The second kappa shape index (κ2) is 6.60. The Labute approximate surface area is 133 Å². The van der Waals surface area contributed by atoms with E-state index in [2.05, 4.69) is 20.5 Å². The van der Waals surface area contributed by atoms with E-state index in [1.807, 2.05) is 19.2 Å². The molecule has 1 atom stereocenters. The van der Waals surface area contributed by atoms with Gasteiger partial charge in [0, 0.05) is 38.3 Å². The molecule has 2 N–H and O–H groups in total. The lowest BCUT2D eigenvalue weighted by Crippen LogP contribution is -2.39. The zero-order valence-corrected chi connectivity index (χ0v) is 13.0. The number of hydrogen-bond donors (Lipinski definition) is 2. The van der Waals surface area contributed by atoms with Crippen molar-refractivity contribution in [1.82, 2.24) is 20.1 Å². The van der Waals surface area contributed by atoms with Crippen molar-refractivity contribution in [1.29, 1.82) is 0 Å². The fourth-order valence-electron chi connectivity index (χ4n) is 2.90. The van der Waals surface area contributed by atoms with Crippen molar-refractivity contribution < 1.29 is 4.79 Å². The number of hydrogen-bond acceptors (Lipinski definition) is 5. The van der Waals surface area contributed by atoms with E-state index in [9.17, 15) is 9.59 Å². The summed E-state index contributed by atoms with van der Waals surface area (Å²) in [6.07, 6.45) is 3.76. The van der Waals surface area contributed by atoms with Gasteiger partial charge in [0.05, 0.1) is 0 Å². The van der Waals surface area contributed by atoms with Crippen LogP contribution in [0.5, 0.6) is 0 Å². The van der Waals surface area contributed by atoms with Gasteiger partial charge in [-0.1, -0.05) is 0 Å². The lowest BCUT2D eigenvalue weighted by Gasteiger charge is -2.32. The quantitative estimate of drug-likeness (QED) is 0.889. The molecule has 2 aromatic rings. The maximum absolute atomic E-state index is 12.5. The fraction of sp³-hybridized carbons (Fsp3) is 0.375. The van der Waals surface area contributed by atoms with Crippen LogP contribution in [0, 0.1) is 0 Å². The summed E-state index contributed by atoms with van der Waals surface area (Å²) in [6, 6.07) is 6.81. The molecule has 7 heteroatoms. The summed E-state index contributed by atoms with van der Waals surface area (Å²) in [4.78, 5) is 29.6. The van der Waals surface area contributed by atoms with Crippen LogP contribution in [-0.4, -0.2) is 46.1 Å². The Bertz CT molecular complexity index is 738. The van der Waals surface area contributed by atoms with Gasteiger partial charge < -0.3 is 10.2 Å². The smallest absolute Gasteiger partial charge is 0.274 e. The molecule has 1 fully saturated rings. The molecule has 1 aliphatic rings. The lowest BCUT2D eigenvalue weighted by atomic mass is 9.91. The van der Waals surface area contributed by atoms with Crippen LogP contribution in [0.1, 0.15) is 34.8 Å². The largest absolute Gasteiger partial charge is 0.373 e. The number of pyridine rings is 1. The molecule has 0 unspecified atom stereocenters. The summed E-state index contributed by atoms with van der Waals surface area (Å²) in [5.74, 6) is 0.965. The van der Waals surface area contributed by atoms with Gasteiger partial charge in [-0.05, 0) is 36.6 Å². The number of piperidine rings is 1. The number of carbonyl (C=O) groups excluding carboxylic acids is 1. The van der Waals surface area contributed by atoms with E-state index in [4.69, 9.17) is 0 Å². The molecule has 23 heavy (non-hydrogen) atoms. The predicted molar refractivity (Wildman–Crippen MR) is 86.5 cm³/mol. The Morgan fingerprint density at radius 2 is 2.26 bits per heavy atom. The number of likely N-dealkylation sites (tertiary alicyclic amines) is 1. The molecule has 1 aliphatic heterocycles. The fourth-order valence-corrected chi connectivity index (χ4v) is 2.90. The molecule has 3 heterocycles. The number of nitrogens with one attached hydrogen (secondary N) is 2. The van der Waals surface area contributed by atoms with E-state index >= 15 is 0 Å². The van der Waals surface area contributed by atoms with Crippen LogP contribution in [0.4, 0.5) is 5.82 Å². The van der Waals surface area contributed by atoms with Crippen molar-refractivity contribution in [2.45, 2.75) is 18.8 Å². The number of anilines is 1. The van der Waals surface area contributed by atoms with E-state index in [0.29, 0.717) is 13.1 Å². The van der Waals surface area contributed by atoms with Crippen LogP contribution in [0.15, 0.2) is 35.3 Å². The Kier molecular flexibility index (Phi) is 4.36. The summed E-state index contributed by atoms with van der Waals surface area (Å²) in [5, 5.41) is 9.17. The molecule has 0 bridgehead atoms. The maximum atomic E-state index is 12.5. The highest BCUT2D eigenvalue weighted by atomic mass is 16.2. The number of rotatable bonds is 3. The molecule has 120 valence electrons. The third-order valence-electron chi connectivity index (χ3n) is 4.12. The Morgan fingerprint density at radius 1 is 1.39 bits per heavy atom. The predicted octanol–water partition coefficient (Wildman–Crippen LogP) is 1.23.